The number of hydrogen-bond acceptors (Lipinski definition) is 4. The van der Waals surface area contributed by atoms with Gasteiger partial charge in [-0.3, -0.25) is 4.55 Å². The average molecular weight is 316 g/mol. The lowest BCUT2D eigenvalue weighted by molar-refractivity contribution is 0.127. The molecule has 6 heteroatoms. The number of allylic oxidation sites excluding steroid dienone is 2. The smallest absolute Gasteiger partial charge is 0.268 e. The molecular formula is C15H28N2O3S. The molecule has 1 fully saturated rings. The highest BCUT2D eigenvalue weighted by atomic mass is 32.2. The molecule has 0 bridgehead atoms. The van der Waals surface area contributed by atoms with Crippen molar-refractivity contribution in [2.45, 2.75) is 37.9 Å². The van der Waals surface area contributed by atoms with Gasteiger partial charge in [-0.1, -0.05) is 11.6 Å². The molecule has 5 nitrogen and oxygen atoms in total. The van der Waals surface area contributed by atoms with Crippen LogP contribution in [0.25, 0.3) is 0 Å². The fourth-order valence-electron chi connectivity index (χ4n) is 3.74. The lowest BCUT2D eigenvalue weighted by Crippen LogP contribution is -2.49. The number of unbranched alkanes of at least 4 members (excludes halogenated alkanes) is 1. The second kappa shape index (κ2) is 7.22. The van der Waals surface area contributed by atoms with Gasteiger partial charge in [0.15, 0.2) is 0 Å². The first-order valence-electron chi connectivity index (χ1n) is 7.92. The Morgan fingerprint density at radius 2 is 2.19 bits per heavy atom. The van der Waals surface area contributed by atoms with E-state index in [1.54, 1.807) is 0 Å². The molecular weight excluding hydrogens is 288 g/mol. The van der Waals surface area contributed by atoms with Crippen molar-refractivity contribution in [3.05, 3.63) is 11.6 Å². The van der Waals surface area contributed by atoms with Crippen molar-refractivity contribution >= 4 is 10.1 Å². The number of rotatable bonds is 6. The summed E-state index contributed by atoms with van der Waals surface area (Å²) >= 11 is 0. The van der Waals surface area contributed by atoms with Crippen molar-refractivity contribution < 1.29 is 13.0 Å². The first-order valence-corrected chi connectivity index (χ1v) is 9.42. The Bertz CT molecular complexity index is 475. The molecule has 0 amide bonds. The van der Waals surface area contributed by atoms with Crippen molar-refractivity contribution in [3.63, 3.8) is 0 Å². The lowest BCUT2D eigenvalue weighted by Gasteiger charge is -2.43. The monoisotopic (exact) mass is 316 g/mol. The molecule has 122 valence electrons. The van der Waals surface area contributed by atoms with Crippen LogP contribution in [0.5, 0.6) is 0 Å². The zero-order chi connectivity index (χ0) is 15.5. The van der Waals surface area contributed by atoms with Crippen LogP contribution in [0.15, 0.2) is 11.6 Å². The van der Waals surface area contributed by atoms with E-state index in [1.807, 2.05) is 14.0 Å². The van der Waals surface area contributed by atoms with Crippen molar-refractivity contribution in [1.82, 2.24) is 10.2 Å². The van der Waals surface area contributed by atoms with E-state index in [0.717, 1.165) is 51.0 Å². The normalized spacial score (nSPS) is 30.8. The number of piperidine rings is 1. The van der Waals surface area contributed by atoms with E-state index < -0.39 is 15.4 Å². The Kier molecular flexibility index (Phi) is 5.82. The number of nitrogens with zero attached hydrogens (tertiary/aromatic N) is 1. The zero-order valence-corrected chi connectivity index (χ0v) is 13.9. The van der Waals surface area contributed by atoms with Crippen LogP contribution in [0, 0.1) is 11.8 Å². The van der Waals surface area contributed by atoms with Crippen LogP contribution in [0.1, 0.15) is 32.6 Å². The Morgan fingerprint density at radius 1 is 1.43 bits per heavy atom. The van der Waals surface area contributed by atoms with E-state index in [1.165, 1.54) is 0 Å². The Labute approximate surface area is 128 Å². The molecule has 0 aromatic carbocycles. The van der Waals surface area contributed by atoms with Crippen molar-refractivity contribution in [2.24, 2.45) is 11.8 Å². The van der Waals surface area contributed by atoms with Gasteiger partial charge >= 0.3 is 0 Å². The predicted octanol–water partition coefficient (Wildman–Crippen LogP) is 1.53. The third kappa shape index (κ3) is 4.52. The van der Waals surface area contributed by atoms with E-state index in [0.29, 0.717) is 12.3 Å². The van der Waals surface area contributed by atoms with Gasteiger partial charge in [0.05, 0.1) is 5.25 Å². The molecule has 0 aromatic heterocycles. The van der Waals surface area contributed by atoms with Gasteiger partial charge in [-0.15, -0.1) is 0 Å². The quantitative estimate of drug-likeness (QED) is 0.442. The van der Waals surface area contributed by atoms with E-state index in [9.17, 15) is 13.0 Å². The van der Waals surface area contributed by atoms with Gasteiger partial charge in [0.1, 0.15) is 0 Å². The summed E-state index contributed by atoms with van der Waals surface area (Å²) in [6.45, 7) is 5.83. The van der Waals surface area contributed by atoms with Gasteiger partial charge in [-0.05, 0) is 71.1 Å². The van der Waals surface area contributed by atoms with Crippen LogP contribution in [0.2, 0.25) is 0 Å². The molecule has 0 radical (unpaired) electrons. The summed E-state index contributed by atoms with van der Waals surface area (Å²) in [7, 11) is -2.00. The predicted molar refractivity (Wildman–Crippen MR) is 84.9 cm³/mol. The number of nitrogens with one attached hydrogen (secondary N) is 1. The summed E-state index contributed by atoms with van der Waals surface area (Å²) in [6.07, 6.45) is 5.98. The maximum Gasteiger partial charge on any atom is 0.268 e. The number of fused-ring (bicyclic) bond motifs is 1. The minimum Gasteiger partial charge on any atom is -0.320 e. The first-order chi connectivity index (χ1) is 9.91. The molecule has 0 aromatic rings. The Morgan fingerprint density at radius 3 is 2.86 bits per heavy atom. The molecule has 2 aliphatic rings. The third-order valence-electron chi connectivity index (χ3n) is 4.83. The Balaban J connectivity index is 1.98. The van der Waals surface area contributed by atoms with E-state index in [2.05, 4.69) is 16.3 Å². The van der Waals surface area contributed by atoms with Gasteiger partial charge < -0.3 is 10.2 Å². The molecule has 3 atom stereocenters. The molecule has 21 heavy (non-hydrogen) atoms. The molecule has 1 heterocycles. The standard InChI is InChI=1S/C15H28N2O3S/c1-12-9-13-5-8-17(7-4-3-6-16-2)11-14(13)15(10-12)21(18,19)20/h9,13-16H,3-8,10-11H2,1-2H3,(H,18,19,20)/t13?,14-,15+/m0/s1. The summed E-state index contributed by atoms with van der Waals surface area (Å²) in [5.74, 6) is 0.348. The first kappa shape index (κ1) is 16.9. The second-order valence-corrected chi connectivity index (χ2v) is 8.13. The van der Waals surface area contributed by atoms with E-state index >= 15 is 0 Å². The van der Waals surface area contributed by atoms with Crippen molar-refractivity contribution in [1.29, 1.82) is 0 Å². The molecule has 0 saturated carbocycles. The maximum atomic E-state index is 11.7. The molecule has 1 aliphatic carbocycles. The van der Waals surface area contributed by atoms with Crippen molar-refractivity contribution in [3.8, 4) is 0 Å². The minimum absolute atomic E-state index is 0.0433. The fraction of sp³-hybridized carbons (Fsp3) is 0.867. The average Bonchev–Trinajstić information content (AvgIpc) is 2.42. The maximum absolute atomic E-state index is 11.7. The van der Waals surface area contributed by atoms with Gasteiger partial charge in [-0.2, -0.15) is 8.42 Å². The Hall–Kier alpha value is -0.430. The van der Waals surface area contributed by atoms with E-state index in [4.69, 9.17) is 0 Å². The lowest BCUT2D eigenvalue weighted by atomic mass is 9.76. The van der Waals surface area contributed by atoms with Crippen molar-refractivity contribution in [2.75, 3.05) is 33.2 Å². The molecule has 1 saturated heterocycles. The zero-order valence-electron chi connectivity index (χ0n) is 13.1. The summed E-state index contributed by atoms with van der Waals surface area (Å²) in [6, 6.07) is 0. The summed E-state index contributed by atoms with van der Waals surface area (Å²) in [5, 5.41) is 2.53. The molecule has 0 spiro atoms. The van der Waals surface area contributed by atoms with Crippen LogP contribution < -0.4 is 5.32 Å². The largest absolute Gasteiger partial charge is 0.320 e. The molecule has 1 aliphatic heterocycles. The van der Waals surface area contributed by atoms with Gasteiger partial charge in [-0.25, -0.2) is 0 Å². The summed E-state index contributed by atoms with van der Waals surface area (Å²) in [5.41, 5.74) is 1.10. The number of hydrogen-bond donors (Lipinski definition) is 2. The molecule has 1 unspecified atom stereocenters. The molecule has 2 N–H and O–H groups in total. The molecule has 2 rings (SSSR count). The van der Waals surface area contributed by atoms with Gasteiger partial charge in [0, 0.05) is 6.54 Å². The van der Waals surface area contributed by atoms with Gasteiger partial charge in [0.2, 0.25) is 0 Å². The van der Waals surface area contributed by atoms with Gasteiger partial charge in [0.25, 0.3) is 10.1 Å². The summed E-state index contributed by atoms with van der Waals surface area (Å²) in [4.78, 5) is 2.36. The second-order valence-electron chi connectivity index (χ2n) is 6.50. The summed E-state index contributed by atoms with van der Waals surface area (Å²) < 4.78 is 32.9. The topological polar surface area (TPSA) is 69.6 Å². The van der Waals surface area contributed by atoms with Crippen LogP contribution >= 0.6 is 0 Å². The van der Waals surface area contributed by atoms with Crippen LogP contribution in [-0.2, 0) is 10.1 Å². The fourth-order valence-corrected chi connectivity index (χ4v) is 4.94. The minimum atomic E-state index is -3.96. The van der Waals surface area contributed by atoms with Crippen LogP contribution in [0.3, 0.4) is 0 Å². The van der Waals surface area contributed by atoms with E-state index in [-0.39, 0.29) is 5.92 Å². The van der Waals surface area contributed by atoms with Crippen LogP contribution in [0.4, 0.5) is 0 Å². The SMILES string of the molecule is CNCCCCN1CCC2C=C(C)C[C@@H](S(=O)(=O)O)[C@H]2C1. The highest BCUT2D eigenvalue weighted by Gasteiger charge is 2.42. The highest BCUT2D eigenvalue weighted by molar-refractivity contribution is 7.86. The third-order valence-corrected chi connectivity index (χ3v) is 6.11. The highest BCUT2D eigenvalue weighted by Crippen LogP contribution is 2.38. The van der Waals surface area contributed by atoms with Crippen LogP contribution in [-0.4, -0.2) is 56.3 Å². The number of likely N-dealkylation sites (tertiary alicyclic amines) is 1.